The Morgan fingerprint density at radius 1 is 0.761 bits per heavy atom. The predicted molar refractivity (Wildman–Crippen MR) is 193 cm³/mol. The SMILES string of the molecule is CC(=O)OCC(CNC(=O)c1c(I)c(C(=O)NCC(COC(C)=O)OC(C)=O)c(I)c(N2CCCCC(Br)C2=O)c1I)OC(C)=O. The smallest absolute Gasteiger partial charge is 0.303 e. The molecule has 0 aliphatic carbocycles. The average molecular weight is 1050 g/mol. The van der Waals surface area contributed by atoms with Crippen molar-refractivity contribution in [3.05, 3.63) is 21.8 Å². The molecule has 3 atom stereocenters. The van der Waals surface area contributed by atoms with Gasteiger partial charge in [0.25, 0.3) is 11.8 Å². The third-order valence-electron chi connectivity index (χ3n) is 6.23. The molecule has 14 nitrogen and oxygen atoms in total. The molecule has 0 radical (unpaired) electrons. The predicted octanol–water partition coefficient (Wildman–Crippen LogP) is 3.23. The van der Waals surface area contributed by atoms with Crippen LogP contribution in [0.2, 0.25) is 0 Å². The number of nitrogens with zero attached hydrogens (tertiary/aromatic N) is 1. The Balaban J connectivity index is 2.58. The number of ether oxygens (including phenoxy) is 4. The van der Waals surface area contributed by atoms with E-state index in [1.54, 1.807) is 4.90 Å². The first kappa shape index (κ1) is 40.4. The minimum absolute atomic E-state index is 0.0930. The van der Waals surface area contributed by atoms with Crippen LogP contribution >= 0.6 is 83.7 Å². The fourth-order valence-electron chi connectivity index (χ4n) is 4.25. The van der Waals surface area contributed by atoms with Crippen molar-refractivity contribution >= 4 is 131 Å². The third-order valence-corrected chi connectivity index (χ3v) is 10.3. The lowest BCUT2D eigenvalue weighted by atomic mass is 10.1. The molecule has 2 rings (SSSR count). The molecule has 1 aliphatic rings. The number of amides is 3. The second kappa shape index (κ2) is 19.2. The highest BCUT2D eigenvalue weighted by atomic mass is 127. The van der Waals surface area contributed by atoms with Crippen LogP contribution in [0.15, 0.2) is 0 Å². The summed E-state index contributed by atoms with van der Waals surface area (Å²) in [7, 11) is 0. The molecule has 1 aromatic rings. The molecule has 0 spiro atoms. The molecule has 18 heteroatoms. The lowest BCUT2D eigenvalue weighted by molar-refractivity contribution is -0.155. The first-order chi connectivity index (χ1) is 21.5. The summed E-state index contributed by atoms with van der Waals surface area (Å²) in [6, 6.07) is 0. The minimum atomic E-state index is -0.983. The van der Waals surface area contributed by atoms with Crippen molar-refractivity contribution < 1.29 is 52.5 Å². The summed E-state index contributed by atoms with van der Waals surface area (Å²) in [5, 5.41) is 5.37. The number of carbonyl (C=O) groups is 7. The van der Waals surface area contributed by atoms with Gasteiger partial charge in [0, 0.05) is 37.8 Å². The van der Waals surface area contributed by atoms with E-state index in [2.05, 4.69) is 26.6 Å². The fraction of sp³-hybridized carbons (Fsp3) is 0.536. The van der Waals surface area contributed by atoms with Gasteiger partial charge in [0.2, 0.25) is 5.91 Å². The molecular formula is C28H33BrI3N3O11. The third kappa shape index (κ3) is 12.0. The second-order valence-electron chi connectivity index (χ2n) is 9.98. The summed E-state index contributed by atoms with van der Waals surface area (Å²) in [4.78, 5) is 88.0. The van der Waals surface area contributed by atoms with Crippen molar-refractivity contribution in [1.29, 1.82) is 0 Å². The van der Waals surface area contributed by atoms with E-state index in [1.807, 2.05) is 67.8 Å². The van der Waals surface area contributed by atoms with Crippen molar-refractivity contribution in [2.24, 2.45) is 0 Å². The lowest BCUT2D eigenvalue weighted by Crippen LogP contribution is -2.41. The quantitative estimate of drug-likeness (QED) is 0.128. The van der Waals surface area contributed by atoms with Crippen LogP contribution in [0.5, 0.6) is 0 Å². The van der Waals surface area contributed by atoms with Gasteiger partial charge >= 0.3 is 23.9 Å². The fourth-order valence-corrected chi connectivity index (χ4v) is 9.55. The number of halogens is 4. The number of esters is 4. The number of alkyl halides is 1. The minimum Gasteiger partial charge on any atom is -0.462 e. The molecule has 1 heterocycles. The van der Waals surface area contributed by atoms with Crippen molar-refractivity contribution in [2.75, 3.05) is 37.7 Å². The highest BCUT2D eigenvalue weighted by molar-refractivity contribution is 14.1. The van der Waals surface area contributed by atoms with Crippen molar-refractivity contribution in [1.82, 2.24) is 10.6 Å². The molecule has 0 bridgehead atoms. The maximum absolute atomic E-state index is 13.8. The van der Waals surface area contributed by atoms with E-state index in [9.17, 15) is 33.6 Å². The molecular weight excluding hydrogens is 1010 g/mol. The average Bonchev–Trinajstić information content (AvgIpc) is 3.11. The number of hydrogen-bond donors (Lipinski definition) is 2. The Morgan fingerprint density at radius 3 is 1.59 bits per heavy atom. The largest absolute Gasteiger partial charge is 0.462 e. The van der Waals surface area contributed by atoms with Crippen molar-refractivity contribution in [3.63, 3.8) is 0 Å². The Morgan fingerprint density at radius 2 is 1.20 bits per heavy atom. The molecule has 1 aromatic carbocycles. The molecule has 0 aromatic heterocycles. The monoisotopic (exact) mass is 1050 g/mol. The Hall–Kier alpha value is -1.82. The number of carbonyl (C=O) groups excluding carboxylic acids is 7. The molecule has 3 amide bonds. The number of nitrogens with one attached hydrogen (secondary N) is 2. The van der Waals surface area contributed by atoms with Crippen LogP contribution in [-0.2, 0) is 42.9 Å². The van der Waals surface area contributed by atoms with Crippen LogP contribution in [0.25, 0.3) is 0 Å². The molecule has 1 fully saturated rings. The summed E-state index contributed by atoms with van der Waals surface area (Å²) in [6.07, 6.45) is 0.130. The molecule has 46 heavy (non-hydrogen) atoms. The second-order valence-corrected chi connectivity index (χ2v) is 14.3. The normalized spacial score (nSPS) is 16.0. The first-order valence-electron chi connectivity index (χ1n) is 13.9. The summed E-state index contributed by atoms with van der Waals surface area (Å²) in [5.41, 5.74) is 0.562. The topological polar surface area (TPSA) is 184 Å². The van der Waals surface area contributed by atoms with E-state index in [-0.39, 0.29) is 46.9 Å². The van der Waals surface area contributed by atoms with Gasteiger partial charge in [-0.1, -0.05) is 22.4 Å². The molecule has 1 aliphatic heterocycles. The number of anilines is 1. The standard InChI is InChI=1S/C28H33BrI3N3O11/c1-13(36)43-11-17(45-15(3)38)9-33-26(40)20-22(30)21(27(41)34-10-18(46-16(4)39)12-44-14(2)37)24(32)25(23(20)31)35-8-6-5-7-19(29)28(35)42/h17-19H,5-12H2,1-4H3,(H,33,40)(H,34,41). The van der Waals surface area contributed by atoms with Gasteiger partial charge in [-0.15, -0.1) is 0 Å². The van der Waals surface area contributed by atoms with Crippen LogP contribution in [0.4, 0.5) is 5.69 Å². The highest BCUT2D eigenvalue weighted by Gasteiger charge is 2.35. The van der Waals surface area contributed by atoms with Gasteiger partial charge in [-0.05, 0) is 80.6 Å². The summed E-state index contributed by atoms with van der Waals surface area (Å²) in [6.45, 7) is 4.09. The van der Waals surface area contributed by atoms with E-state index in [0.717, 1.165) is 6.42 Å². The van der Waals surface area contributed by atoms with E-state index >= 15 is 0 Å². The molecule has 254 valence electrons. The van der Waals surface area contributed by atoms with E-state index < -0.39 is 52.7 Å². The molecule has 0 saturated carbocycles. The Kier molecular flexibility index (Phi) is 16.9. The van der Waals surface area contributed by atoms with Crippen LogP contribution < -0.4 is 15.5 Å². The maximum Gasteiger partial charge on any atom is 0.303 e. The summed E-state index contributed by atoms with van der Waals surface area (Å²) in [5.74, 6) is -3.97. The maximum atomic E-state index is 13.8. The van der Waals surface area contributed by atoms with Crippen molar-refractivity contribution in [2.45, 2.75) is 64.0 Å². The summed E-state index contributed by atoms with van der Waals surface area (Å²) >= 11 is 9.28. The zero-order chi connectivity index (χ0) is 34.7. The van der Waals surface area contributed by atoms with Crippen LogP contribution in [0.3, 0.4) is 0 Å². The van der Waals surface area contributed by atoms with Gasteiger partial charge < -0.3 is 34.5 Å². The number of hydrogen-bond acceptors (Lipinski definition) is 11. The van der Waals surface area contributed by atoms with E-state index in [4.69, 9.17) is 18.9 Å². The van der Waals surface area contributed by atoms with Gasteiger partial charge in [0.1, 0.15) is 13.2 Å². The van der Waals surface area contributed by atoms with Crippen LogP contribution in [-0.4, -0.2) is 91.5 Å². The van der Waals surface area contributed by atoms with E-state index in [1.165, 1.54) is 27.7 Å². The first-order valence-corrected chi connectivity index (χ1v) is 18.0. The van der Waals surface area contributed by atoms with Gasteiger partial charge in [0.05, 0.1) is 41.9 Å². The highest BCUT2D eigenvalue weighted by Crippen LogP contribution is 2.39. The van der Waals surface area contributed by atoms with Crippen LogP contribution in [0.1, 0.15) is 67.7 Å². The zero-order valence-corrected chi connectivity index (χ0v) is 33.4. The van der Waals surface area contributed by atoms with Gasteiger partial charge in [0.15, 0.2) is 12.2 Å². The van der Waals surface area contributed by atoms with Gasteiger partial charge in [-0.2, -0.15) is 0 Å². The van der Waals surface area contributed by atoms with Gasteiger partial charge in [-0.3, -0.25) is 33.6 Å². The molecule has 3 unspecified atom stereocenters. The van der Waals surface area contributed by atoms with E-state index in [0.29, 0.717) is 32.2 Å². The Labute approximate surface area is 315 Å². The molecule has 1 saturated heterocycles. The van der Waals surface area contributed by atoms with Gasteiger partial charge in [-0.25, -0.2) is 0 Å². The van der Waals surface area contributed by atoms with Crippen LogP contribution in [0, 0.1) is 10.7 Å². The zero-order valence-electron chi connectivity index (χ0n) is 25.3. The van der Waals surface area contributed by atoms with Crippen molar-refractivity contribution in [3.8, 4) is 0 Å². The lowest BCUT2D eigenvalue weighted by Gasteiger charge is -2.28. The molecule has 2 N–H and O–H groups in total. The summed E-state index contributed by atoms with van der Waals surface area (Å²) < 4.78 is 21.4. The number of benzene rings is 1. The Bertz CT molecular complexity index is 1300. The number of rotatable bonds is 13.